The molecule has 2 rings (SSSR count). The largest absolute Gasteiger partial charge is 0.497 e. The number of aliphatic hydroxyl groups excluding tert-OH is 1. The van der Waals surface area contributed by atoms with Crippen molar-refractivity contribution in [3.8, 4) is 5.75 Å². The Morgan fingerprint density at radius 2 is 1.75 bits per heavy atom. The monoisotopic (exact) mass is 323 g/mol. The molecule has 4 heteroatoms. The highest BCUT2D eigenvalue weighted by Crippen LogP contribution is 2.18. The molecule has 24 heavy (non-hydrogen) atoms. The highest BCUT2D eigenvalue weighted by molar-refractivity contribution is 5.81. The Hall–Kier alpha value is -2.64. The molecule has 2 aromatic rings. The van der Waals surface area contributed by atoms with Crippen LogP contribution in [0.25, 0.3) is 4.85 Å². The van der Waals surface area contributed by atoms with Crippen LogP contribution in [-0.4, -0.2) is 24.6 Å². The van der Waals surface area contributed by atoms with Crippen LogP contribution in [0.4, 0.5) is 5.69 Å². The Morgan fingerprint density at radius 1 is 1.12 bits per heavy atom. The lowest BCUT2D eigenvalue weighted by atomic mass is 9.93. The van der Waals surface area contributed by atoms with E-state index in [4.69, 9.17) is 11.3 Å². The number of hydrogen-bond donors (Lipinski definition) is 1. The maximum absolute atomic E-state index is 12.2. The summed E-state index contributed by atoms with van der Waals surface area (Å²) < 4.78 is 5.13. The summed E-state index contributed by atoms with van der Waals surface area (Å²) in [6.45, 7) is 6.91. The SMILES string of the molecule is [C-]#[N+]c1ccc(CC(=O)CC(CO)Cc2ccc(OC)cc2)cc1. The summed E-state index contributed by atoms with van der Waals surface area (Å²) >= 11 is 0. The number of methoxy groups -OCH3 is 1. The zero-order chi connectivity index (χ0) is 17.4. The number of benzene rings is 2. The first-order valence-corrected chi connectivity index (χ1v) is 7.86. The Kier molecular flexibility index (Phi) is 6.53. The van der Waals surface area contributed by atoms with E-state index in [9.17, 15) is 9.90 Å². The number of Topliss-reactive ketones (excluding diaryl/α,β-unsaturated/α-hetero) is 1. The predicted octanol–water partition coefficient (Wildman–Crippen LogP) is 3.60. The van der Waals surface area contributed by atoms with Crippen LogP contribution in [0.3, 0.4) is 0 Å². The summed E-state index contributed by atoms with van der Waals surface area (Å²) in [7, 11) is 1.62. The van der Waals surface area contributed by atoms with Crippen LogP contribution < -0.4 is 4.74 Å². The first kappa shape index (κ1) is 17.7. The highest BCUT2D eigenvalue weighted by atomic mass is 16.5. The first-order valence-electron chi connectivity index (χ1n) is 7.86. The van der Waals surface area contributed by atoms with Crippen LogP contribution in [0.1, 0.15) is 17.5 Å². The van der Waals surface area contributed by atoms with Crippen molar-refractivity contribution in [2.24, 2.45) is 5.92 Å². The third kappa shape index (κ3) is 5.22. The molecule has 0 aliphatic rings. The Labute approximate surface area is 142 Å². The summed E-state index contributed by atoms with van der Waals surface area (Å²) in [6.07, 6.45) is 1.33. The molecule has 0 fully saturated rings. The number of ether oxygens (including phenoxy) is 1. The van der Waals surface area contributed by atoms with Gasteiger partial charge in [-0.2, -0.15) is 0 Å². The maximum Gasteiger partial charge on any atom is 0.187 e. The van der Waals surface area contributed by atoms with Crippen molar-refractivity contribution in [3.05, 3.63) is 71.1 Å². The van der Waals surface area contributed by atoms with Gasteiger partial charge in [0.05, 0.1) is 13.7 Å². The second-order valence-corrected chi connectivity index (χ2v) is 5.80. The van der Waals surface area contributed by atoms with Crippen molar-refractivity contribution < 1.29 is 14.6 Å². The van der Waals surface area contributed by atoms with Crippen LogP contribution in [-0.2, 0) is 17.6 Å². The molecule has 0 radical (unpaired) electrons. The topological polar surface area (TPSA) is 50.9 Å². The van der Waals surface area contributed by atoms with Crippen LogP contribution in [0, 0.1) is 12.5 Å². The fraction of sp³-hybridized carbons (Fsp3) is 0.300. The lowest BCUT2D eigenvalue weighted by Crippen LogP contribution is -2.16. The molecule has 4 nitrogen and oxygen atoms in total. The van der Waals surface area contributed by atoms with Gasteiger partial charge in [0.1, 0.15) is 11.5 Å². The summed E-state index contributed by atoms with van der Waals surface area (Å²) in [5.41, 5.74) is 2.54. The van der Waals surface area contributed by atoms with E-state index in [1.807, 2.05) is 36.4 Å². The molecule has 1 unspecified atom stereocenters. The van der Waals surface area contributed by atoms with Crippen molar-refractivity contribution in [2.45, 2.75) is 19.3 Å². The Balaban J connectivity index is 1.90. The van der Waals surface area contributed by atoms with Crippen LogP contribution >= 0.6 is 0 Å². The minimum Gasteiger partial charge on any atom is -0.497 e. The average molecular weight is 323 g/mol. The van der Waals surface area contributed by atoms with Gasteiger partial charge in [-0.15, -0.1) is 0 Å². The first-order chi connectivity index (χ1) is 11.6. The summed E-state index contributed by atoms with van der Waals surface area (Å²) in [4.78, 5) is 15.6. The number of rotatable bonds is 8. The summed E-state index contributed by atoms with van der Waals surface area (Å²) in [6, 6.07) is 14.7. The second kappa shape index (κ2) is 8.85. The molecular formula is C20H21NO3. The molecule has 0 aliphatic heterocycles. The summed E-state index contributed by atoms with van der Waals surface area (Å²) in [5, 5.41) is 9.56. The van der Waals surface area contributed by atoms with Gasteiger partial charge in [-0.25, -0.2) is 4.85 Å². The third-order valence-electron chi connectivity index (χ3n) is 3.92. The molecule has 0 aliphatic carbocycles. The van der Waals surface area contributed by atoms with Gasteiger partial charge in [0.25, 0.3) is 0 Å². The Morgan fingerprint density at radius 3 is 2.29 bits per heavy atom. The zero-order valence-electron chi connectivity index (χ0n) is 13.7. The number of carbonyl (C=O) groups excluding carboxylic acids is 1. The molecule has 0 saturated heterocycles. The molecule has 0 spiro atoms. The van der Waals surface area contributed by atoms with Crippen LogP contribution in [0.15, 0.2) is 48.5 Å². The highest BCUT2D eigenvalue weighted by Gasteiger charge is 2.14. The molecule has 2 aromatic carbocycles. The number of aliphatic hydroxyl groups is 1. The molecule has 124 valence electrons. The standard InChI is InChI=1S/C20H21NO3/c1-21-18-7-3-16(4-8-18)12-19(23)13-17(14-22)11-15-5-9-20(24-2)10-6-15/h3-10,17,22H,11-14H2,2H3. The van der Waals surface area contributed by atoms with E-state index >= 15 is 0 Å². The molecule has 1 N–H and O–H groups in total. The second-order valence-electron chi connectivity index (χ2n) is 5.80. The van der Waals surface area contributed by atoms with E-state index in [-0.39, 0.29) is 18.3 Å². The minimum atomic E-state index is -0.0894. The van der Waals surface area contributed by atoms with E-state index in [1.54, 1.807) is 19.2 Å². The van der Waals surface area contributed by atoms with E-state index in [0.717, 1.165) is 16.9 Å². The molecular weight excluding hydrogens is 302 g/mol. The van der Waals surface area contributed by atoms with E-state index in [0.29, 0.717) is 24.9 Å². The predicted molar refractivity (Wildman–Crippen MR) is 93.3 cm³/mol. The Bertz CT molecular complexity index is 699. The number of carbonyl (C=O) groups is 1. The molecule has 0 aromatic heterocycles. The van der Waals surface area contributed by atoms with Gasteiger partial charge in [-0.1, -0.05) is 36.4 Å². The zero-order valence-corrected chi connectivity index (χ0v) is 13.7. The lowest BCUT2D eigenvalue weighted by Gasteiger charge is -2.14. The summed E-state index contributed by atoms with van der Waals surface area (Å²) in [5.74, 6) is 0.796. The van der Waals surface area contributed by atoms with Gasteiger partial charge in [0.2, 0.25) is 0 Å². The van der Waals surface area contributed by atoms with Crippen molar-refractivity contribution in [1.29, 1.82) is 0 Å². The van der Waals surface area contributed by atoms with E-state index in [2.05, 4.69) is 4.85 Å². The third-order valence-corrected chi connectivity index (χ3v) is 3.92. The average Bonchev–Trinajstić information content (AvgIpc) is 2.62. The molecule has 0 bridgehead atoms. The minimum absolute atomic E-state index is 0.0194. The maximum atomic E-state index is 12.2. The fourth-order valence-electron chi connectivity index (χ4n) is 2.61. The van der Waals surface area contributed by atoms with Gasteiger partial charge in [-0.05, 0) is 35.6 Å². The van der Waals surface area contributed by atoms with Crippen molar-refractivity contribution in [1.82, 2.24) is 0 Å². The molecule has 0 heterocycles. The van der Waals surface area contributed by atoms with Gasteiger partial charge in [-0.3, -0.25) is 4.79 Å². The normalized spacial score (nSPS) is 11.5. The number of hydrogen-bond acceptors (Lipinski definition) is 3. The van der Waals surface area contributed by atoms with Gasteiger partial charge < -0.3 is 9.84 Å². The van der Waals surface area contributed by atoms with Crippen molar-refractivity contribution >= 4 is 11.5 Å². The van der Waals surface area contributed by atoms with Gasteiger partial charge in [0, 0.05) is 19.4 Å². The quantitative estimate of drug-likeness (QED) is 0.755. The van der Waals surface area contributed by atoms with E-state index < -0.39 is 0 Å². The van der Waals surface area contributed by atoms with Gasteiger partial charge in [0.15, 0.2) is 5.69 Å². The molecule has 0 amide bonds. The van der Waals surface area contributed by atoms with Gasteiger partial charge >= 0.3 is 0 Å². The van der Waals surface area contributed by atoms with Crippen LogP contribution in [0.5, 0.6) is 5.75 Å². The molecule has 0 saturated carbocycles. The smallest absolute Gasteiger partial charge is 0.187 e. The number of ketones is 1. The van der Waals surface area contributed by atoms with Crippen molar-refractivity contribution in [2.75, 3.05) is 13.7 Å². The lowest BCUT2D eigenvalue weighted by molar-refractivity contribution is -0.119. The van der Waals surface area contributed by atoms with Crippen LogP contribution in [0.2, 0.25) is 0 Å². The number of nitrogens with zero attached hydrogens (tertiary/aromatic N) is 1. The fourth-order valence-corrected chi connectivity index (χ4v) is 2.61. The van der Waals surface area contributed by atoms with E-state index in [1.165, 1.54) is 0 Å². The molecule has 1 atom stereocenters. The van der Waals surface area contributed by atoms with Crippen molar-refractivity contribution in [3.63, 3.8) is 0 Å².